The molecule has 0 aliphatic carbocycles. The van der Waals surface area contributed by atoms with Crippen LogP contribution in [0.3, 0.4) is 0 Å². The molecule has 0 amide bonds. The first-order valence-electron chi connectivity index (χ1n) is 4.78. The quantitative estimate of drug-likeness (QED) is 0.774. The van der Waals surface area contributed by atoms with Crippen molar-refractivity contribution >= 4 is 17.0 Å². The van der Waals surface area contributed by atoms with Crippen molar-refractivity contribution in [2.45, 2.75) is 12.8 Å². The first-order chi connectivity index (χ1) is 7.29. The van der Waals surface area contributed by atoms with Crippen molar-refractivity contribution in [1.29, 1.82) is 0 Å². The second-order valence-electron chi connectivity index (χ2n) is 3.34. The Morgan fingerprint density at radius 2 is 2.47 bits per heavy atom. The minimum absolute atomic E-state index is 0.191. The topological polar surface area (TPSA) is 55.0 Å². The van der Waals surface area contributed by atoms with Crippen LogP contribution < -0.4 is 0 Å². The Bertz CT molecular complexity index is 476. The number of nitrogens with zero attached hydrogens (tertiary/aromatic N) is 1. The lowest BCUT2D eigenvalue weighted by Gasteiger charge is -2.00. The zero-order valence-electron chi connectivity index (χ0n) is 8.49. The molecule has 0 spiro atoms. The zero-order valence-corrected chi connectivity index (χ0v) is 8.49. The number of aromatic amines is 1. The van der Waals surface area contributed by atoms with Gasteiger partial charge in [-0.3, -0.25) is 4.79 Å². The lowest BCUT2D eigenvalue weighted by atomic mass is 10.1. The third-order valence-corrected chi connectivity index (χ3v) is 2.30. The van der Waals surface area contributed by atoms with E-state index in [2.05, 4.69) is 14.7 Å². The molecule has 0 atom stereocenters. The summed E-state index contributed by atoms with van der Waals surface area (Å²) in [6, 6.07) is 3.99. The monoisotopic (exact) mass is 204 g/mol. The number of methoxy groups -OCH3 is 1. The Hall–Kier alpha value is -1.84. The van der Waals surface area contributed by atoms with Crippen molar-refractivity contribution in [2.75, 3.05) is 7.11 Å². The van der Waals surface area contributed by atoms with Crippen LogP contribution in [0, 0.1) is 0 Å². The summed E-state index contributed by atoms with van der Waals surface area (Å²) in [6.45, 7) is 0. The molecular weight excluding hydrogens is 192 g/mol. The number of aryl methyl sites for hydroxylation is 1. The molecule has 0 radical (unpaired) electrons. The highest BCUT2D eigenvalue weighted by molar-refractivity contribution is 5.76. The SMILES string of the molecule is COC(=O)CCc1cnc2[nH]ccc2c1. The van der Waals surface area contributed by atoms with Crippen molar-refractivity contribution in [3.63, 3.8) is 0 Å². The van der Waals surface area contributed by atoms with E-state index < -0.39 is 0 Å². The average molecular weight is 204 g/mol. The predicted octanol–water partition coefficient (Wildman–Crippen LogP) is 1.67. The second kappa shape index (κ2) is 4.13. The summed E-state index contributed by atoms with van der Waals surface area (Å²) in [6.07, 6.45) is 4.69. The van der Waals surface area contributed by atoms with Gasteiger partial charge in [0, 0.05) is 24.2 Å². The molecule has 0 fully saturated rings. The third-order valence-electron chi connectivity index (χ3n) is 2.30. The van der Waals surface area contributed by atoms with Gasteiger partial charge in [0.1, 0.15) is 5.65 Å². The van der Waals surface area contributed by atoms with E-state index in [9.17, 15) is 4.79 Å². The summed E-state index contributed by atoms with van der Waals surface area (Å²) in [7, 11) is 1.40. The van der Waals surface area contributed by atoms with Gasteiger partial charge in [0.2, 0.25) is 0 Å². The second-order valence-corrected chi connectivity index (χ2v) is 3.34. The maximum absolute atomic E-state index is 10.9. The van der Waals surface area contributed by atoms with Gasteiger partial charge < -0.3 is 9.72 Å². The number of carbonyl (C=O) groups is 1. The third kappa shape index (κ3) is 2.15. The number of aromatic nitrogens is 2. The number of H-pyrrole nitrogens is 1. The van der Waals surface area contributed by atoms with E-state index in [1.807, 2.05) is 18.3 Å². The Morgan fingerprint density at radius 1 is 1.60 bits per heavy atom. The first-order valence-corrected chi connectivity index (χ1v) is 4.78. The van der Waals surface area contributed by atoms with Crippen molar-refractivity contribution < 1.29 is 9.53 Å². The number of carbonyl (C=O) groups excluding carboxylic acids is 1. The van der Waals surface area contributed by atoms with Crippen LogP contribution in [0.2, 0.25) is 0 Å². The van der Waals surface area contributed by atoms with Gasteiger partial charge >= 0.3 is 5.97 Å². The summed E-state index contributed by atoms with van der Waals surface area (Å²) < 4.78 is 4.58. The fourth-order valence-electron chi connectivity index (χ4n) is 1.47. The van der Waals surface area contributed by atoms with Gasteiger partial charge in [0.25, 0.3) is 0 Å². The van der Waals surface area contributed by atoms with Gasteiger partial charge in [-0.25, -0.2) is 4.98 Å². The van der Waals surface area contributed by atoms with Crippen LogP contribution in [-0.2, 0) is 16.0 Å². The van der Waals surface area contributed by atoms with E-state index in [1.165, 1.54) is 7.11 Å². The van der Waals surface area contributed by atoms with E-state index in [-0.39, 0.29) is 5.97 Å². The van der Waals surface area contributed by atoms with Crippen molar-refractivity contribution in [2.24, 2.45) is 0 Å². The molecule has 2 heterocycles. The van der Waals surface area contributed by atoms with Crippen LogP contribution >= 0.6 is 0 Å². The van der Waals surface area contributed by atoms with Gasteiger partial charge in [0.05, 0.1) is 7.11 Å². The number of nitrogens with one attached hydrogen (secondary N) is 1. The Morgan fingerprint density at radius 3 is 3.27 bits per heavy atom. The number of hydrogen-bond acceptors (Lipinski definition) is 3. The van der Waals surface area contributed by atoms with Crippen LogP contribution in [-0.4, -0.2) is 23.0 Å². The van der Waals surface area contributed by atoms with Crippen LogP contribution in [0.4, 0.5) is 0 Å². The number of fused-ring (bicyclic) bond motifs is 1. The fourth-order valence-corrected chi connectivity index (χ4v) is 1.47. The number of hydrogen-bond donors (Lipinski definition) is 1. The van der Waals surface area contributed by atoms with Crippen LogP contribution in [0.25, 0.3) is 11.0 Å². The minimum Gasteiger partial charge on any atom is -0.469 e. The number of rotatable bonds is 3. The molecule has 0 aromatic carbocycles. The molecule has 1 N–H and O–H groups in total. The van der Waals surface area contributed by atoms with Gasteiger partial charge in [-0.05, 0) is 24.1 Å². The smallest absolute Gasteiger partial charge is 0.305 e. The number of ether oxygens (including phenoxy) is 1. The number of esters is 1. The molecular formula is C11H12N2O2. The largest absolute Gasteiger partial charge is 0.469 e. The highest BCUT2D eigenvalue weighted by Crippen LogP contribution is 2.12. The van der Waals surface area contributed by atoms with Gasteiger partial charge in [-0.15, -0.1) is 0 Å². The van der Waals surface area contributed by atoms with Crippen molar-refractivity contribution in [1.82, 2.24) is 9.97 Å². The Kier molecular flexibility index (Phi) is 2.67. The van der Waals surface area contributed by atoms with Gasteiger partial charge in [0.15, 0.2) is 0 Å². The molecule has 78 valence electrons. The molecule has 0 aliphatic heterocycles. The molecule has 0 saturated carbocycles. The molecule has 2 aromatic heterocycles. The van der Waals surface area contributed by atoms with Gasteiger partial charge in [-0.1, -0.05) is 0 Å². The average Bonchev–Trinajstić information content (AvgIpc) is 2.72. The van der Waals surface area contributed by atoms with E-state index in [1.54, 1.807) is 6.20 Å². The lowest BCUT2D eigenvalue weighted by molar-refractivity contribution is -0.140. The molecule has 0 bridgehead atoms. The van der Waals surface area contributed by atoms with E-state index in [0.717, 1.165) is 16.6 Å². The minimum atomic E-state index is -0.191. The van der Waals surface area contributed by atoms with Crippen molar-refractivity contribution in [3.05, 3.63) is 30.1 Å². The van der Waals surface area contributed by atoms with Crippen LogP contribution in [0.1, 0.15) is 12.0 Å². The highest BCUT2D eigenvalue weighted by atomic mass is 16.5. The molecule has 0 aliphatic rings. The normalized spacial score (nSPS) is 10.5. The van der Waals surface area contributed by atoms with E-state index >= 15 is 0 Å². The maximum atomic E-state index is 10.9. The molecule has 2 rings (SSSR count). The van der Waals surface area contributed by atoms with E-state index in [4.69, 9.17) is 0 Å². The molecule has 4 heteroatoms. The molecule has 2 aromatic rings. The molecule has 0 saturated heterocycles. The summed E-state index contributed by atoms with van der Waals surface area (Å²) >= 11 is 0. The maximum Gasteiger partial charge on any atom is 0.305 e. The van der Waals surface area contributed by atoms with Crippen LogP contribution in [0.5, 0.6) is 0 Å². The van der Waals surface area contributed by atoms with E-state index in [0.29, 0.717) is 12.8 Å². The summed E-state index contributed by atoms with van der Waals surface area (Å²) in [5.41, 5.74) is 1.92. The standard InChI is InChI=1S/C11H12N2O2/c1-15-10(14)3-2-8-6-9-4-5-12-11(9)13-7-8/h4-7H,2-3H2,1H3,(H,12,13). The Balaban J connectivity index is 2.11. The summed E-state index contributed by atoms with van der Waals surface area (Å²) in [5.74, 6) is -0.191. The van der Waals surface area contributed by atoms with Gasteiger partial charge in [-0.2, -0.15) is 0 Å². The first kappa shape index (κ1) is 9.71. The highest BCUT2D eigenvalue weighted by Gasteiger charge is 2.03. The lowest BCUT2D eigenvalue weighted by Crippen LogP contribution is -2.01. The fraction of sp³-hybridized carbons (Fsp3) is 0.273. The Labute approximate surface area is 87.3 Å². The molecule has 4 nitrogen and oxygen atoms in total. The summed E-state index contributed by atoms with van der Waals surface area (Å²) in [4.78, 5) is 18.2. The molecule has 0 unspecified atom stereocenters. The molecule has 15 heavy (non-hydrogen) atoms. The van der Waals surface area contributed by atoms with Crippen molar-refractivity contribution in [3.8, 4) is 0 Å². The number of pyridine rings is 1. The summed E-state index contributed by atoms with van der Waals surface area (Å²) in [5, 5.41) is 1.07. The zero-order chi connectivity index (χ0) is 10.7. The predicted molar refractivity (Wildman–Crippen MR) is 56.4 cm³/mol. The van der Waals surface area contributed by atoms with Crippen LogP contribution in [0.15, 0.2) is 24.5 Å².